The summed E-state index contributed by atoms with van der Waals surface area (Å²) in [6.07, 6.45) is 0.675. The number of anilines is 1. The first kappa shape index (κ1) is 26.4. The second-order valence-electron chi connectivity index (χ2n) is 10.1. The van der Waals surface area contributed by atoms with Crippen molar-refractivity contribution >= 4 is 23.6 Å². The Morgan fingerprint density at radius 2 is 1.77 bits per heavy atom. The van der Waals surface area contributed by atoms with Crippen molar-refractivity contribution in [2.75, 3.05) is 18.5 Å². The van der Waals surface area contributed by atoms with Gasteiger partial charge in [-0.25, -0.2) is 4.79 Å². The first-order chi connectivity index (χ1) is 19.0. The second kappa shape index (κ2) is 12.1. The summed E-state index contributed by atoms with van der Waals surface area (Å²) in [5.74, 6) is -0.458. The highest BCUT2D eigenvalue weighted by atomic mass is 16.6. The molecule has 5 rings (SSSR count). The topological polar surface area (TPSA) is 97.0 Å². The van der Waals surface area contributed by atoms with Crippen molar-refractivity contribution in [1.29, 1.82) is 0 Å². The van der Waals surface area contributed by atoms with Crippen LogP contribution < -0.4 is 10.6 Å². The molecule has 8 heteroatoms. The van der Waals surface area contributed by atoms with Crippen LogP contribution in [0.25, 0.3) is 0 Å². The molecular weight excluding hydrogens is 494 g/mol. The average Bonchev–Trinajstić information content (AvgIpc) is 3.57. The van der Waals surface area contributed by atoms with E-state index < -0.39 is 18.2 Å². The largest absolute Gasteiger partial charge is 0.438 e. The predicted molar refractivity (Wildman–Crippen MR) is 147 cm³/mol. The van der Waals surface area contributed by atoms with Crippen LogP contribution in [0.5, 0.6) is 0 Å². The minimum atomic E-state index is -0.879. The first-order valence-electron chi connectivity index (χ1n) is 13.3. The summed E-state index contributed by atoms with van der Waals surface area (Å²) in [6.45, 7) is 3.30. The van der Waals surface area contributed by atoms with Gasteiger partial charge < -0.3 is 20.1 Å². The van der Waals surface area contributed by atoms with Gasteiger partial charge in [0.25, 0.3) is 0 Å². The number of cyclic esters (lactones) is 1. The molecule has 202 valence electrons. The van der Waals surface area contributed by atoms with Crippen LogP contribution in [0.15, 0.2) is 78.9 Å². The third kappa shape index (κ3) is 6.64. The predicted octanol–water partition coefficient (Wildman–Crippen LogP) is 4.53. The number of aryl methyl sites for hydroxylation is 1. The van der Waals surface area contributed by atoms with Crippen LogP contribution in [-0.4, -0.2) is 48.1 Å². The van der Waals surface area contributed by atoms with Gasteiger partial charge in [-0.3, -0.25) is 14.5 Å². The van der Waals surface area contributed by atoms with Crippen molar-refractivity contribution in [3.63, 3.8) is 0 Å². The third-order valence-corrected chi connectivity index (χ3v) is 7.06. The van der Waals surface area contributed by atoms with E-state index in [0.717, 1.165) is 29.5 Å². The second-order valence-corrected chi connectivity index (χ2v) is 10.1. The highest BCUT2D eigenvalue weighted by molar-refractivity contribution is 5.92. The van der Waals surface area contributed by atoms with Gasteiger partial charge in [-0.05, 0) is 48.6 Å². The fourth-order valence-electron chi connectivity index (χ4n) is 5.00. The Morgan fingerprint density at radius 1 is 0.974 bits per heavy atom. The Bertz CT molecular complexity index is 1310. The standard InChI is InChI=1S/C31H33N3O5/c1-21-12-14-23(15-13-21)20-34-28(30(36)32-19-26-11-6-16-38-26)29(39-31(34)37)24-9-5-10-25(18-24)33-27(35)17-22-7-3-2-4-8-22/h2-5,7-10,12-15,18,26,28-29H,6,11,16-17,19-20H2,1H3,(H,32,36)(H,33,35)/t26-,28+,29+/m0/s1. The molecule has 0 unspecified atom stereocenters. The van der Waals surface area contributed by atoms with E-state index in [2.05, 4.69) is 10.6 Å². The zero-order chi connectivity index (χ0) is 27.2. The molecule has 0 spiro atoms. The van der Waals surface area contributed by atoms with Gasteiger partial charge in [-0.15, -0.1) is 0 Å². The molecule has 8 nitrogen and oxygen atoms in total. The van der Waals surface area contributed by atoms with Gasteiger partial charge in [0, 0.05) is 18.8 Å². The Morgan fingerprint density at radius 3 is 2.51 bits per heavy atom. The molecule has 0 radical (unpaired) electrons. The lowest BCUT2D eigenvalue weighted by Gasteiger charge is -2.25. The summed E-state index contributed by atoms with van der Waals surface area (Å²) in [5, 5.41) is 5.90. The molecule has 2 N–H and O–H groups in total. The summed E-state index contributed by atoms with van der Waals surface area (Å²) in [5.41, 5.74) is 4.12. The normalized spacial score (nSPS) is 20.5. The minimum Gasteiger partial charge on any atom is -0.438 e. The van der Waals surface area contributed by atoms with E-state index in [1.807, 2.05) is 61.5 Å². The molecule has 2 aliphatic heterocycles. The fourth-order valence-corrected chi connectivity index (χ4v) is 5.00. The molecular formula is C31H33N3O5. The lowest BCUT2D eigenvalue weighted by atomic mass is 9.99. The molecule has 0 bridgehead atoms. The smallest absolute Gasteiger partial charge is 0.411 e. The van der Waals surface area contributed by atoms with E-state index >= 15 is 0 Å². The third-order valence-electron chi connectivity index (χ3n) is 7.06. The Labute approximate surface area is 228 Å². The first-order valence-corrected chi connectivity index (χ1v) is 13.3. The molecule has 0 saturated carbocycles. The zero-order valence-corrected chi connectivity index (χ0v) is 22.0. The van der Waals surface area contributed by atoms with E-state index in [-0.39, 0.29) is 30.9 Å². The minimum absolute atomic E-state index is 0.0286. The van der Waals surface area contributed by atoms with Gasteiger partial charge in [0.15, 0.2) is 12.1 Å². The van der Waals surface area contributed by atoms with Crippen molar-refractivity contribution < 1.29 is 23.9 Å². The molecule has 2 aliphatic rings. The molecule has 3 amide bonds. The van der Waals surface area contributed by atoms with Crippen molar-refractivity contribution in [2.45, 2.75) is 51.0 Å². The van der Waals surface area contributed by atoms with E-state index in [9.17, 15) is 14.4 Å². The molecule has 2 heterocycles. The molecule has 39 heavy (non-hydrogen) atoms. The van der Waals surface area contributed by atoms with Crippen molar-refractivity contribution in [3.8, 4) is 0 Å². The Hall–Kier alpha value is -4.17. The zero-order valence-electron chi connectivity index (χ0n) is 22.0. The molecule has 0 aliphatic carbocycles. The summed E-state index contributed by atoms with van der Waals surface area (Å²) in [7, 11) is 0. The van der Waals surface area contributed by atoms with Crippen LogP contribution in [-0.2, 0) is 32.0 Å². The van der Waals surface area contributed by atoms with Gasteiger partial charge in [-0.2, -0.15) is 0 Å². The van der Waals surface area contributed by atoms with Crippen LogP contribution in [0.4, 0.5) is 10.5 Å². The van der Waals surface area contributed by atoms with E-state index in [0.29, 0.717) is 24.4 Å². The van der Waals surface area contributed by atoms with Crippen molar-refractivity contribution in [2.24, 2.45) is 0 Å². The maximum atomic E-state index is 13.5. The number of nitrogens with zero attached hydrogens (tertiary/aromatic N) is 1. The number of amides is 3. The maximum Gasteiger partial charge on any atom is 0.411 e. The number of rotatable bonds is 9. The number of ether oxygens (including phenoxy) is 2. The van der Waals surface area contributed by atoms with Gasteiger partial charge >= 0.3 is 6.09 Å². The number of carbonyl (C=O) groups excluding carboxylic acids is 3. The summed E-state index contributed by atoms with van der Waals surface area (Å²) in [6, 6.07) is 23.6. The highest BCUT2D eigenvalue weighted by Gasteiger charge is 2.47. The van der Waals surface area contributed by atoms with Gasteiger partial charge in [0.1, 0.15) is 0 Å². The van der Waals surface area contributed by atoms with E-state index in [4.69, 9.17) is 9.47 Å². The Balaban J connectivity index is 1.35. The molecule has 3 aromatic rings. The van der Waals surface area contributed by atoms with Crippen LogP contribution in [0.3, 0.4) is 0 Å². The van der Waals surface area contributed by atoms with E-state index in [1.165, 1.54) is 4.90 Å². The lowest BCUT2D eigenvalue weighted by molar-refractivity contribution is -0.127. The van der Waals surface area contributed by atoms with Crippen LogP contribution in [0, 0.1) is 6.92 Å². The van der Waals surface area contributed by atoms with Crippen LogP contribution >= 0.6 is 0 Å². The molecule has 3 aromatic carbocycles. The van der Waals surface area contributed by atoms with Crippen molar-refractivity contribution in [1.82, 2.24) is 10.2 Å². The summed E-state index contributed by atoms with van der Waals surface area (Å²) < 4.78 is 11.5. The van der Waals surface area contributed by atoms with Crippen LogP contribution in [0.2, 0.25) is 0 Å². The monoisotopic (exact) mass is 527 g/mol. The molecule has 2 saturated heterocycles. The van der Waals surface area contributed by atoms with Crippen molar-refractivity contribution in [3.05, 3.63) is 101 Å². The number of hydrogen-bond donors (Lipinski definition) is 2. The van der Waals surface area contributed by atoms with Gasteiger partial charge in [-0.1, -0.05) is 72.3 Å². The molecule has 2 fully saturated rings. The Kier molecular flexibility index (Phi) is 8.22. The number of nitrogens with one attached hydrogen (secondary N) is 2. The SMILES string of the molecule is Cc1ccc(CN2C(=O)O[C@H](c3cccc(NC(=O)Cc4ccccc4)c3)[C@@H]2C(=O)NC[C@@H]2CCCO2)cc1. The molecule has 0 aromatic heterocycles. The molecule has 3 atom stereocenters. The average molecular weight is 528 g/mol. The maximum absolute atomic E-state index is 13.5. The lowest BCUT2D eigenvalue weighted by Crippen LogP contribution is -2.47. The quantitative estimate of drug-likeness (QED) is 0.426. The van der Waals surface area contributed by atoms with E-state index in [1.54, 1.807) is 24.3 Å². The van der Waals surface area contributed by atoms with Crippen LogP contribution in [0.1, 0.15) is 41.2 Å². The fraction of sp³-hybridized carbons (Fsp3) is 0.323. The highest BCUT2D eigenvalue weighted by Crippen LogP contribution is 2.35. The summed E-state index contributed by atoms with van der Waals surface area (Å²) >= 11 is 0. The van der Waals surface area contributed by atoms with Gasteiger partial charge in [0.05, 0.1) is 19.1 Å². The number of benzene rings is 3. The van der Waals surface area contributed by atoms with Gasteiger partial charge in [0.2, 0.25) is 11.8 Å². The number of carbonyl (C=O) groups is 3. The summed E-state index contributed by atoms with van der Waals surface area (Å²) in [4.78, 5) is 40.8. The number of hydrogen-bond acceptors (Lipinski definition) is 5.